The highest BCUT2D eigenvalue weighted by atomic mass is 15.0. The predicted octanol–water partition coefficient (Wildman–Crippen LogP) is 8.15. The lowest BCUT2D eigenvalue weighted by Gasteiger charge is -2.15. The van der Waals surface area contributed by atoms with Crippen LogP contribution in [0.25, 0.3) is 67.3 Å². The van der Waals surface area contributed by atoms with Crippen molar-refractivity contribution in [2.75, 3.05) is 0 Å². The first kappa shape index (κ1) is 23.6. The van der Waals surface area contributed by atoms with Gasteiger partial charge >= 0.3 is 0 Å². The number of aromatic nitrogens is 5. The Labute approximate surface area is 231 Å². The maximum atomic E-state index is 5.06. The fourth-order valence-electron chi connectivity index (χ4n) is 4.96. The molecule has 0 atom stereocenters. The molecule has 2 aromatic heterocycles. The van der Waals surface area contributed by atoms with Crippen LogP contribution < -0.4 is 0 Å². The molecule has 5 aromatic carbocycles. The fraction of sp³-hybridized carbons (Fsp3) is 0. The van der Waals surface area contributed by atoms with Gasteiger partial charge in [0.25, 0.3) is 0 Å². The van der Waals surface area contributed by atoms with E-state index in [0.29, 0.717) is 17.5 Å². The molecule has 0 unspecified atom stereocenters. The first-order chi connectivity index (χ1) is 19.8. The van der Waals surface area contributed by atoms with Gasteiger partial charge in [0.05, 0.1) is 5.69 Å². The number of nitrogens with zero attached hydrogens (tertiary/aromatic N) is 5. The van der Waals surface area contributed by atoms with Crippen molar-refractivity contribution in [3.8, 4) is 56.5 Å². The lowest BCUT2D eigenvalue weighted by Crippen LogP contribution is -2.01. The molecule has 0 aliphatic carbocycles. The van der Waals surface area contributed by atoms with Gasteiger partial charge in [0.15, 0.2) is 17.5 Å². The van der Waals surface area contributed by atoms with E-state index in [9.17, 15) is 0 Å². The second-order valence-electron chi connectivity index (χ2n) is 9.42. The molecule has 0 saturated heterocycles. The van der Waals surface area contributed by atoms with Crippen LogP contribution >= 0.6 is 0 Å². The van der Waals surface area contributed by atoms with Crippen molar-refractivity contribution in [1.82, 2.24) is 24.9 Å². The lowest BCUT2D eigenvalue weighted by molar-refractivity contribution is 1.08. The Bertz CT molecular complexity index is 1860. The summed E-state index contributed by atoms with van der Waals surface area (Å²) >= 11 is 0. The highest BCUT2D eigenvalue weighted by molar-refractivity contribution is 6.03. The zero-order valence-electron chi connectivity index (χ0n) is 21.5. The smallest absolute Gasteiger partial charge is 0.165 e. The van der Waals surface area contributed by atoms with Crippen molar-refractivity contribution < 1.29 is 0 Å². The highest BCUT2D eigenvalue weighted by Gasteiger charge is 2.18. The van der Waals surface area contributed by atoms with Crippen LogP contribution in [-0.4, -0.2) is 24.9 Å². The molecule has 0 saturated carbocycles. The van der Waals surface area contributed by atoms with Gasteiger partial charge in [0.1, 0.15) is 6.33 Å². The molecule has 5 nitrogen and oxygen atoms in total. The molecule has 0 aliphatic rings. The van der Waals surface area contributed by atoms with Gasteiger partial charge in [-0.2, -0.15) is 0 Å². The van der Waals surface area contributed by atoms with Gasteiger partial charge in [-0.1, -0.05) is 121 Å². The largest absolute Gasteiger partial charge is 0.245 e. The zero-order chi connectivity index (χ0) is 26.7. The van der Waals surface area contributed by atoms with Crippen LogP contribution in [0, 0.1) is 0 Å². The molecule has 0 amide bonds. The van der Waals surface area contributed by atoms with E-state index < -0.39 is 0 Å². The van der Waals surface area contributed by atoms with E-state index in [4.69, 9.17) is 15.0 Å². The minimum atomic E-state index is 0.638. The molecule has 7 rings (SSSR count). The third-order valence-corrected chi connectivity index (χ3v) is 6.93. The van der Waals surface area contributed by atoms with E-state index >= 15 is 0 Å². The van der Waals surface area contributed by atoms with Gasteiger partial charge in [-0.3, -0.25) is 0 Å². The molecule has 0 bridgehead atoms. The van der Waals surface area contributed by atoms with E-state index in [1.165, 1.54) is 0 Å². The van der Waals surface area contributed by atoms with Gasteiger partial charge in [-0.25, -0.2) is 24.9 Å². The second kappa shape index (κ2) is 10.3. The fourth-order valence-corrected chi connectivity index (χ4v) is 4.96. The topological polar surface area (TPSA) is 64.5 Å². The molecule has 0 spiro atoms. The summed E-state index contributed by atoms with van der Waals surface area (Å²) in [4.78, 5) is 23.5. The van der Waals surface area contributed by atoms with E-state index in [2.05, 4.69) is 70.6 Å². The summed E-state index contributed by atoms with van der Waals surface area (Å²) in [6.45, 7) is 0. The first-order valence-corrected chi connectivity index (χ1v) is 13.1. The van der Waals surface area contributed by atoms with Crippen LogP contribution in [0.15, 0.2) is 140 Å². The molecule has 7 aromatic rings. The zero-order valence-corrected chi connectivity index (χ0v) is 21.5. The standard InChI is InChI=1S/C35H23N5/c1-3-10-27(11-4-1)33-38-34(28-12-5-2-6-13-28)40-35(39-33)32-29-14-8-7-9-24(29)19-20-30(32)25-15-17-26(18-16-25)31-21-22-36-23-37-31/h1-23H. The van der Waals surface area contributed by atoms with Crippen molar-refractivity contribution in [2.24, 2.45) is 0 Å². The quantitative estimate of drug-likeness (QED) is 0.232. The van der Waals surface area contributed by atoms with Crippen LogP contribution in [-0.2, 0) is 0 Å². The molecular weight excluding hydrogens is 490 g/mol. The van der Waals surface area contributed by atoms with Crippen molar-refractivity contribution in [3.63, 3.8) is 0 Å². The van der Waals surface area contributed by atoms with Crippen LogP contribution in [0.3, 0.4) is 0 Å². The SMILES string of the molecule is c1ccc(-c2nc(-c3ccccc3)nc(-c3c(-c4ccc(-c5ccncn5)cc4)ccc4ccccc34)n2)cc1. The molecule has 0 radical (unpaired) electrons. The van der Waals surface area contributed by atoms with E-state index in [0.717, 1.165) is 49.8 Å². The van der Waals surface area contributed by atoms with E-state index in [1.54, 1.807) is 12.5 Å². The normalized spacial score (nSPS) is 11.0. The average Bonchev–Trinajstić information content (AvgIpc) is 3.05. The Hall–Kier alpha value is -5.55. The van der Waals surface area contributed by atoms with Crippen molar-refractivity contribution >= 4 is 10.8 Å². The number of fused-ring (bicyclic) bond motifs is 1. The van der Waals surface area contributed by atoms with E-state index in [-0.39, 0.29) is 0 Å². The summed E-state index contributed by atoms with van der Waals surface area (Å²) in [6, 6.07) is 43.2. The van der Waals surface area contributed by atoms with Crippen LogP contribution in [0.2, 0.25) is 0 Å². The Morgan fingerprint density at radius 1 is 0.425 bits per heavy atom. The summed E-state index contributed by atoms with van der Waals surface area (Å²) in [7, 11) is 0. The first-order valence-electron chi connectivity index (χ1n) is 13.1. The Balaban J connectivity index is 1.46. The average molecular weight is 514 g/mol. The summed E-state index contributed by atoms with van der Waals surface area (Å²) in [6.07, 6.45) is 3.33. The monoisotopic (exact) mass is 513 g/mol. The Morgan fingerprint density at radius 3 is 1.68 bits per heavy atom. The van der Waals surface area contributed by atoms with Crippen molar-refractivity contribution in [1.29, 1.82) is 0 Å². The summed E-state index contributed by atoms with van der Waals surface area (Å²) < 4.78 is 0. The molecule has 0 fully saturated rings. The van der Waals surface area contributed by atoms with Gasteiger partial charge < -0.3 is 0 Å². The van der Waals surface area contributed by atoms with E-state index in [1.807, 2.05) is 66.7 Å². The van der Waals surface area contributed by atoms with Gasteiger partial charge in [0, 0.05) is 28.5 Å². The van der Waals surface area contributed by atoms with Crippen molar-refractivity contribution in [2.45, 2.75) is 0 Å². The van der Waals surface area contributed by atoms with Crippen LogP contribution in [0.4, 0.5) is 0 Å². The Kier molecular flexibility index (Phi) is 6.07. The van der Waals surface area contributed by atoms with Crippen molar-refractivity contribution in [3.05, 3.63) is 140 Å². The maximum absolute atomic E-state index is 5.06. The second-order valence-corrected chi connectivity index (χ2v) is 9.42. The Morgan fingerprint density at radius 2 is 1.02 bits per heavy atom. The van der Waals surface area contributed by atoms with Crippen LogP contribution in [0.1, 0.15) is 0 Å². The number of rotatable bonds is 5. The third-order valence-electron chi connectivity index (χ3n) is 6.93. The summed E-state index contributed by atoms with van der Waals surface area (Å²) in [5.74, 6) is 1.92. The lowest BCUT2D eigenvalue weighted by atomic mass is 9.93. The third kappa shape index (κ3) is 4.50. The molecular formula is C35H23N5. The molecule has 5 heteroatoms. The minimum absolute atomic E-state index is 0.638. The molecule has 0 aliphatic heterocycles. The van der Waals surface area contributed by atoms with Gasteiger partial charge in [-0.05, 0) is 28.0 Å². The molecule has 188 valence electrons. The summed E-state index contributed by atoms with van der Waals surface area (Å²) in [5, 5.41) is 2.21. The number of benzene rings is 5. The summed E-state index contributed by atoms with van der Waals surface area (Å²) in [5.41, 5.74) is 6.91. The number of hydrogen-bond donors (Lipinski definition) is 0. The minimum Gasteiger partial charge on any atom is -0.245 e. The van der Waals surface area contributed by atoms with Crippen LogP contribution in [0.5, 0.6) is 0 Å². The van der Waals surface area contributed by atoms with Gasteiger partial charge in [0.2, 0.25) is 0 Å². The maximum Gasteiger partial charge on any atom is 0.165 e. The predicted molar refractivity (Wildman–Crippen MR) is 160 cm³/mol. The molecule has 40 heavy (non-hydrogen) atoms. The molecule has 0 N–H and O–H groups in total. The number of hydrogen-bond acceptors (Lipinski definition) is 5. The highest BCUT2D eigenvalue weighted by Crippen LogP contribution is 2.38. The van der Waals surface area contributed by atoms with Gasteiger partial charge in [-0.15, -0.1) is 0 Å². The molecule has 2 heterocycles.